The first-order chi connectivity index (χ1) is 7.57. The number of aliphatic hydroxyl groups excluding tert-OH is 1. The average Bonchev–Trinajstić information content (AvgIpc) is 2.76. The topological polar surface area (TPSA) is 46.5 Å². The monoisotopic (exact) mass is 220 g/mol. The Labute approximate surface area is 94.8 Å². The maximum absolute atomic E-state index is 12.1. The lowest BCUT2D eigenvalue weighted by atomic mass is 9.68. The largest absolute Gasteiger partial charge is 0.498 e. The first-order valence-electron chi connectivity index (χ1n) is 5.74. The number of carbonyl (C=O) groups excluding carboxylic acids is 1. The molecule has 0 aromatic carbocycles. The predicted octanol–water partition coefficient (Wildman–Crippen LogP) is 1.29. The van der Waals surface area contributed by atoms with Crippen LogP contribution in [0.25, 0.3) is 0 Å². The second kappa shape index (κ2) is 2.98. The van der Waals surface area contributed by atoms with Gasteiger partial charge >= 0.3 is 0 Å². The summed E-state index contributed by atoms with van der Waals surface area (Å²) in [5, 5.41) is 10.2. The zero-order chi connectivity index (χ0) is 11.5. The van der Waals surface area contributed by atoms with E-state index in [-0.39, 0.29) is 23.0 Å². The second-order valence-electron chi connectivity index (χ2n) is 5.39. The Morgan fingerprint density at radius 1 is 1.56 bits per heavy atom. The number of hydrogen-bond acceptors (Lipinski definition) is 3. The van der Waals surface area contributed by atoms with Crippen molar-refractivity contribution in [2.75, 3.05) is 7.11 Å². The summed E-state index contributed by atoms with van der Waals surface area (Å²) < 4.78 is 5.09. The highest BCUT2D eigenvalue weighted by Crippen LogP contribution is 2.59. The summed E-state index contributed by atoms with van der Waals surface area (Å²) in [6.07, 6.45) is 6.14. The van der Waals surface area contributed by atoms with Crippen LogP contribution in [0.2, 0.25) is 0 Å². The number of fused-ring (bicyclic) bond motifs is 5. The first-order valence-corrected chi connectivity index (χ1v) is 5.74. The minimum absolute atomic E-state index is 0.0162. The standard InChI is InChI=1S/C13H16O3/c1-13-4-3-7(6-13)10-11(13)8(14)5-9(16-2)12(10)15/h3-5,7,10-12,15H,6H2,1-2H3/t7-,10-,11-,12+,13+/m1/s1. The van der Waals surface area contributed by atoms with Crippen LogP contribution in [0.5, 0.6) is 0 Å². The molecule has 3 aliphatic rings. The molecule has 16 heavy (non-hydrogen) atoms. The fourth-order valence-electron chi connectivity index (χ4n) is 3.79. The molecule has 3 nitrogen and oxygen atoms in total. The van der Waals surface area contributed by atoms with Gasteiger partial charge in [0.25, 0.3) is 0 Å². The Morgan fingerprint density at radius 2 is 2.31 bits per heavy atom. The van der Waals surface area contributed by atoms with Crippen molar-refractivity contribution in [1.29, 1.82) is 0 Å². The molecule has 3 heteroatoms. The van der Waals surface area contributed by atoms with Gasteiger partial charge in [0.1, 0.15) is 11.9 Å². The van der Waals surface area contributed by atoms with Gasteiger partial charge in [0.2, 0.25) is 0 Å². The molecule has 0 amide bonds. The highest BCUT2D eigenvalue weighted by molar-refractivity contribution is 5.95. The van der Waals surface area contributed by atoms with Crippen molar-refractivity contribution in [2.45, 2.75) is 19.4 Å². The van der Waals surface area contributed by atoms with E-state index in [1.54, 1.807) is 0 Å². The Kier molecular flexibility index (Phi) is 1.88. The van der Waals surface area contributed by atoms with Gasteiger partial charge in [-0.25, -0.2) is 0 Å². The third-order valence-electron chi connectivity index (χ3n) is 4.47. The molecule has 3 rings (SSSR count). The molecule has 5 atom stereocenters. The third kappa shape index (κ3) is 1.04. The van der Waals surface area contributed by atoms with Crippen LogP contribution < -0.4 is 0 Å². The van der Waals surface area contributed by atoms with Gasteiger partial charge in [0.05, 0.1) is 7.11 Å². The number of hydrogen-bond donors (Lipinski definition) is 1. The molecular weight excluding hydrogens is 204 g/mol. The molecule has 0 unspecified atom stereocenters. The quantitative estimate of drug-likeness (QED) is 0.677. The van der Waals surface area contributed by atoms with Crippen LogP contribution in [0, 0.1) is 23.2 Å². The van der Waals surface area contributed by atoms with Crippen LogP contribution in [0.3, 0.4) is 0 Å². The van der Waals surface area contributed by atoms with Crippen molar-refractivity contribution in [2.24, 2.45) is 23.2 Å². The van der Waals surface area contributed by atoms with Crippen LogP contribution in [0.15, 0.2) is 24.0 Å². The maximum atomic E-state index is 12.1. The summed E-state index contributed by atoms with van der Waals surface area (Å²) in [5.41, 5.74) is -0.0524. The zero-order valence-corrected chi connectivity index (χ0v) is 9.51. The smallest absolute Gasteiger partial charge is 0.163 e. The average molecular weight is 220 g/mol. The third-order valence-corrected chi connectivity index (χ3v) is 4.47. The number of allylic oxidation sites excluding steroid dienone is 3. The van der Waals surface area contributed by atoms with E-state index in [0.717, 1.165) is 6.42 Å². The highest BCUT2D eigenvalue weighted by Gasteiger charge is 2.59. The van der Waals surface area contributed by atoms with E-state index in [1.165, 1.54) is 13.2 Å². The summed E-state index contributed by atoms with van der Waals surface area (Å²) in [6.45, 7) is 2.12. The molecular formula is C13H16O3. The predicted molar refractivity (Wildman–Crippen MR) is 58.4 cm³/mol. The second-order valence-corrected chi connectivity index (χ2v) is 5.39. The fraction of sp³-hybridized carbons (Fsp3) is 0.615. The highest BCUT2D eigenvalue weighted by atomic mass is 16.5. The molecule has 0 saturated heterocycles. The zero-order valence-electron chi connectivity index (χ0n) is 9.51. The Bertz CT molecular complexity index is 409. The number of ketones is 1. The molecule has 0 aliphatic heterocycles. The molecule has 1 saturated carbocycles. The number of aliphatic hydroxyl groups is 1. The molecule has 0 aromatic rings. The lowest BCUT2D eigenvalue weighted by molar-refractivity contribution is -0.125. The van der Waals surface area contributed by atoms with Gasteiger partial charge in [0, 0.05) is 17.9 Å². The van der Waals surface area contributed by atoms with E-state index in [1.807, 2.05) is 0 Å². The normalized spacial score (nSPS) is 49.2. The summed E-state index contributed by atoms with van der Waals surface area (Å²) in [6, 6.07) is 0. The molecule has 86 valence electrons. The fourth-order valence-corrected chi connectivity index (χ4v) is 3.79. The van der Waals surface area contributed by atoms with Gasteiger partial charge in [-0.2, -0.15) is 0 Å². The maximum Gasteiger partial charge on any atom is 0.163 e. The Morgan fingerprint density at radius 3 is 3.00 bits per heavy atom. The Balaban J connectivity index is 2.06. The summed E-state index contributed by atoms with van der Waals surface area (Å²) in [7, 11) is 1.51. The van der Waals surface area contributed by atoms with Crippen LogP contribution in [0.1, 0.15) is 13.3 Å². The number of rotatable bonds is 1. The number of carbonyl (C=O) groups is 1. The molecule has 1 fully saturated rings. The van der Waals surface area contributed by atoms with Gasteiger partial charge in [-0.1, -0.05) is 19.1 Å². The Hall–Kier alpha value is -1.09. The van der Waals surface area contributed by atoms with E-state index in [4.69, 9.17) is 4.74 Å². The van der Waals surface area contributed by atoms with Gasteiger partial charge in [0.15, 0.2) is 5.78 Å². The van der Waals surface area contributed by atoms with Gasteiger partial charge < -0.3 is 9.84 Å². The number of methoxy groups -OCH3 is 1. The SMILES string of the molecule is COC1=CC(=O)[C@@H]2[C@@H]([C@@H]3C=C[C@@]2(C)C3)[C@H]1O. The molecule has 2 bridgehead atoms. The molecule has 0 radical (unpaired) electrons. The molecule has 0 spiro atoms. The van der Waals surface area contributed by atoms with Crippen molar-refractivity contribution >= 4 is 5.78 Å². The van der Waals surface area contributed by atoms with Crippen molar-refractivity contribution in [3.05, 3.63) is 24.0 Å². The summed E-state index contributed by atoms with van der Waals surface area (Å²) >= 11 is 0. The first kappa shape index (κ1) is 10.1. The lowest BCUT2D eigenvalue weighted by Crippen LogP contribution is -2.43. The summed E-state index contributed by atoms with van der Waals surface area (Å²) in [5.74, 6) is 0.823. The minimum Gasteiger partial charge on any atom is -0.498 e. The van der Waals surface area contributed by atoms with Gasteiger partial charge in [-0.3, -0.25) is 4.79 Å². The molecule has 0 aromatic heterocycles. The van der Waals surface area contributed by atoms with Crippen LogP contribution >= 0.6 is 0 Å². The van der Waals surface area contributed by atoms with E-state index in [2.05, 4.69) is 19.1 Å². The van der Waals surface area contributed by atoms with Crippen LogP contribution in [-0.4, -0.2) is 24.1 Å². The summed E-state index contributed by atoms with van der Waals surface area (Å²) in [4.78, 5) is 12.1. The van der Waals surface area contributed by atoms with E-state index < -0.39 is 6.10 Å². The molecule has 3 aliphatic carbocycles. The van der Waals surface area contributed by atoms with E-state index in [9.17, 15) is 9.90 Å². The van der Waals surface area contributed by atoms with Crippen LogP contribution in [0.4, 0.5) is 0 Å². The minimum atomic E-state index is -0.621. The molecule has 1 N–H and O–H groups in total. The number of ether oxygens (including phenoxy) is 1. The lowest BCUT2D eigenvalue weighted by Gasteiger charge is -2.37. The van der Waals surface area contributed by atoms with E-state index >= 15 is 0 Å². The van der Waals surface area contributed by atoms with Crippen molar-refractivity contribution in [3.63, 3.8) is 0 Å². The van der Waals surface area contributed by atoms with Gasteiger partial charge in [-0.15, -0.1) is 0 Å². The van der Waals surface area contributed by atoms with Crippen molar-refractivity contribution in [3.8, 4) is 0 Å². The van der Waals surface area contributed by atoms with Gasteiger partial charge in [-0.05, 0) is 17.8 Å². The van der Waals surface area contributed by atoms with Crippen molar-refractivity contribution < 1.29 is 14.6 Å². The van der Waals surface area contributed by atoms with Crippen molar-refractivity contribution in [1.82, 2.24) is 0 Å². The molecule has 0 heterocycles. The van der Waals surface area contributed by atoms with E-state index in [0.29, 0.717) is 11.7 Å². The van der Waals surface area contributed by atoms with Crippen LogP contribution in [-0.2, 0) is 9.53 Å².